The number of benzene rings is 1. The minimum absolute atomic E-state index is 0.358. The van der Waals surface area contributed by atoms with Crippen LogP contribution in [0.4, 0.5) is 5.82 Å². The van der Waals surface area contributed by atoms with Crippen molar-refractivity contribution in [3.8, 4) is 11.3 Å². The third kappa shape index (κ3) is 3.17. The number of carbonyl (C=O) groups is 1. The van der Waals surface area contributed by atoms with Gasteiger partial charge in [-0.25, -0.2) is 10.0 Å². The van der Waals surface area contributed by atoms with Crippen LogP contribution in [-0.2, 0) is 0 Å². The molecule has 2 rings (SSSR count). The first-order valence-corrected chi connectivity index (χ1v) is 6.51. The summed E-state index contributed by atoms with van der Waals surface area (Å²) in [7, 11) is 0. The van der Waals surface area contributed by atoms with Gasteiger partial charge in [-0.15, -0.1) is 0 Å². The van der Waals surface area contributed by atoms with E-state index in [0.29, 0.717) is 17.1 Å². The van der Waals surface area contributed by atoms with E-state index in [0.717, 1.165) is 10.6 Å². The van der Waals surface area contributed by atoms with Crippen LogP contribution in [0.25, 0.3) is 11.3 Å². The summed E-state index contributed by atoms with van der Waals surface area (Å²) in [6, 6.07) is 6.69. The Morgan fingerprint density at radius 2 is 1.71 bits per heavy atom. The van der Waals surface area contributed by atoms with Gasteiger partial charge in [0.15, 0.2) is 5.82 Å². The summed E-state index contributed by atoms with van der Waals surface area (Å²) >= 11 is 0. The first-order valence-electron chi connectivity index (χ1n) is 6.51. The van der Waals surface area contributed by atoms with Crippen molar-refractivity contribution in [2.24, 2.45) is 5.73 Å². The van der Waals surface area contributed by atoms with E-state index in [1.165, 1.54) is 6.20 Å². The number of nitrogens with zero attached hydrogens (tertiary/aromatic N) is 3. The lowest BCUT2D eigenvalue weighted by Gasteiger charge is -2.31. The molecule has 1 amide bonds. The van der Waals surface area contributed by atoms with Crippen molar-refractivity contribution in [3.05, 3.63) is 42.2 Å². The molecule has 0 radical (unpaired) electrons. The van der Waals surface area contributed by atoms with Gasteiger partial charge in [-0.05, 0) is 32.9 Å². The Morgan fingerprint density at radius 3 is 2.24 bits per heavy atom. The summed E-state index contributed by atoms with van der Waals surface area (Å²) in [5.74, 6) is -0.128. The molecule has 110 valence electrons. The monoisotopic (exact) mass is 286 g/mol. The Hall–Kier alpha value is -2.47. The molecule has 6 nitrogen and oxygen atoms in total. The molecule has 0 spiro atoms. The molecule has 2 aromatic rings. The maximum Gasteiger partial charge on any atom is 0.248 e. The van der Waals surface area contributed by atoms with Crippen molar-refractivity contribution in [1.82, 2.24) is 9.97 Å². The second kappa shape index (κ2) is 5.49. The zero-order valence-corrected chi connectivity index (χ0v) is 12.2. The molecule has 3 N–H and O–H groups in total. The molecule has 0 aliphatic rings. The Bertz CT molecular complexity index is 647. The molecule has 0 aliphatic carbocycles. The molecule has 6 heteroatoms. The average molecular weight is 286 g/mol. The van der Waals surface area contributed by atoms with Crippen LogP contribution in [0.5, 0.6) is 0 Å². The number of rotatable bonds is 3. The number of hydroxylamine groups is 1. The number of carbonyl (C=O) groups excluding carboxylic acids is 1. The van der Waals surface area contributed by atoms with Crippen molar-refractivity contribution < 1.29 is 10.0 Å². The highest BCUT2D eigenvalue weighted by atomic mass is 16.5. The summed E-state index contributed by atoms with van der Waals surface area (Å²) in [4.78, 5) is 19.6. The first-order chi connectivity index (χ1) is 9.80. The van der Waals surface area contributed by atoms with Gasteiger partial charge in [0.25, 0.3) is 0 Å². The number of amides is 1. The molecule has 21 heavy (non-hydrogen) atoms. The summed E-state index contributed by atoms with van der Waals surface area (Å²) < 4.78 is 0. The first kappa shape index (κ1) is 14.9. The lowest BCUT2D eigenvalue weighted by atomic mass is 10.1. The standard InChI is InChI=1S/C15H18N4O2/c1-15(2,3)19(21)14-12(17-8-9-18-14)10-4-6-11(7-5-10)13(16)20/h4-9,21H,1-3H3,(H2,16,20). The SMILES string of the molecule is CC(C)(C)N(O)c1nccnc1-c1ccc(C(N)=O)cc1. The van der Waals surface area contributed by atoms with E-state index in [1.807, 2.05) is 20.8 Å². The van der Waals surface area contributed by atoms with Gasteiger partial charge < -0.3 is 5.73 Å². The third-order valence-corrected chi connectivity index (χ3v) is 2.96. The van der Waals surface area contributed by atoms with Crippen LogP contribution in [0, 0.1) is 0 Å². The maximum atomic E-state index is 11.1. The van der Waals surface area contributed by atoms with Gasteiger partial charge in [0.1, 0.15) is 5.69 Å². The molecule has 0 saturated carbocycles. The average Bonchev–Trinajstić information content (AvgIpc) is 2.45. The van der Waals surface area contributed by atoms with Crippen molar-refractivity contribution in [1.29, 1.82) is 0 Å². The Morgan fingerprint density at radius 1 is 1.14 bits per heavy atom. The number of aromatic nitrogens is 2. The fraction of sp³-hybridized carbons (Fsp3) is 0.267. The predicted octanol–water partition coefficient (Wildman–Crippen LogP) is 2.24. The topological polar surface area (TPSA) is 92.3 Å². The summed E-state index contributed by atoms with van der Waals surface area (Å²) in [5.41, 5.74) is 6.40. The van der Waals surface area contributed by atoms with E-state index >= 15 is 0 Å². The summed E-state index contributed by atoms with van der Waals surface area (Å²) in [6.45, 7) is 5.59. The van der Waals surface area contributed by atoms with Crippen LogP contribution < -0.4 is 10.8 Å². The molecule has 0 atom stereocenters. The molecule has 0 saturated heterocycles. The summed E-state index contributed by atoms with van der Waals surface area (Å²) in [5, 5.41) is 11.4. The molecular weight excluding hydrogens is 268 g/mol. The normalized spacial score (nSPS) is 11.2. The van der Waals surface area contributed by atoms with Gasteiger partial charge >= 0.3 is 0 Å². The highest BCUT2D eigenvalue weighted by molar-refractivity contribution is 5.93. The Kier molecular flexibility index (Phi) is 3.90. The largest absolute Gasteiger partial charge is 0.366 e. The van der Waals surface area contributed by atoms with Crippen molar-refractivity contribution in [2.45, 2.75) is 26.3 Å². The van der Waals surface area contributed by atoms with E-state index in [-0.39, 0.29) is 0 Å². The van der Waals surface area contributed by atoms with Crippen LogP contribution in [0.3, 0.4) is 0 Å². The van der Waals surface area contributed by atoms with Crippen molar-refractivity contribution >= 4 is 11.7 Å². The molecule has 0 fully saturated rings. The smallest absolute Gasteiger partial charge is 0.248 e. The van der Waals surface area contributed by atoms with E-state index in [1.54, 1.807) is 30.5 Å². The number of anilines is 1. The van der Waals surface area contributed by atoms with Gasteiger partial charge in [0.05, 0.1) is 5.54 Å². The van der Waals surface area contributed by atoms with Gasteiger partial charge in [-0.1, -0.05) is 12.1 Å². The van der Waals surface area contributed by atoms with Gasteiger partial charge in [0, 0.05) is 23.5 Å². The summed E-state index contributed by atoms with van der Waals surface area (Å²) in [6.07, 6.45) is 3.07. The fourth-order valence-corrected chi connectivity index (χ4v) is 1.80. The zero-order chi connectivity index (χ0) is 15.6. The Labute approximate surface area is 123 Å². The fourth-order valence-electron chi connectivity index (χ4n) is 1.80. The zero-order valence-electron chi connectivity index (χ0n) is 12.2. The van der Waals surface area contributed by atoms with E-state index in [9.17, 15) is 10.0 Å². The predicted molar refractivity (Wildman–Crippen MR) is 80.0 cm³/mol. The molecule has 1 aromatic heterocycles. The van der Waals surface area contributed by atoms with E-state index < -0.39 is 11.4 Å². The van der Waals surface area contributed by atoms with Crippen LogP contribution in [-0.4, -0.2) is 26.6 Å². The lowest BCUT2D eigenvalue weighted by Crippen LogP contribution is -2.39. The lowest BCUT2D eigenvalue weighted by molar-refractivity contribution is 0.100. The van der Waals surface area contributed by atoms with Gasteiger partial charge in [-0.2, -0.15) is 0 Å². The highest BCUT2D eigenvalue weighted by Crippen LogP contribution is 2.29. The van der Waals surface area contributed by atoms with Crippen molar-refractivity contribution in [2.75, 3.05) is 5.06 Å². The quantitative estimate of drug-likeness (QED) is 0.844. The second-order valence-electron chi connectivity index (χ2n) is 5.65. The number of hydrogen-bond acceptors (Lipinski definition) is 5. The van der Waals surface area contributed by atoms with Crippen molar-refractivity contribution in [3.63, 3.8) is 0 Å². The highest BCUT2D eigenvalue weighted by Gasteiger charge is 2.24. The molecule has 0 unspecified atom stereocenters. The number of hydrogen-bond donors (Lipinski definition) is 2. The van der Waals surface area contributed by atoms with E-state index in [2.05, 4.69) is 9.97 Å². The molecule has 0 aliphatic heterocycles. The molecule has 1 aromatic carbocycles. The Balaban J connectivity index is 2.47. The molecular formula is C15H18N4O2. The maximum absolute atomic E-state index is 11.1. The number of primary amides is 1. The van der Waals surface area contributed by atoms with Gasteiger partial charge in [0.2, 0.25) is 5.91 Å². The molecule has 1 heterocycles. The van der Waals surface area contributed by atoms with Gasteiger partial charge in [-0.3, -0.25) is 15.0 Å². The van der Waals surface area contributed by atoms with Crippen LogP contribution in [0.1, 0.15) is 31.1 Å². The van der Waals surface area contributed by atoms with Crippen LogP contribution in [0.15, 0.2) is 36.7 Å². The number of nitrogens with two attached hydrogens (primary N) is 1. The minimum atomic E-state index is -0.516. The molecule has 0 bridgehead atoms. The third-order valence-electron chi connectivity index (χ3n) is 2.96. The minimum Gasteiger partial charge on any atom is -0.366 e. The van der Waals surface area contributed by atoms with Crippen LogP contribution >= 0.6 is 0 Å². The van der Waals surface area contributed by atoms with Crippen LogP contribution in [0.2, 0.25) is 0 Å². The van der Waals surface area contributed by atoms with E-state index in [4.69, 9.17) is 5.73 Å². The second-order valence-corrected chi connectivity index (χ2v) is 5.65.